The minimum absolute atomic E-state index is 0.0200. The van der Waals surface area contributed by atoms with Crippen LogP contribution in [0.25, 0.3) is 0 Å². The molecule has 0 radical (unpaired) electrons. The topological polar surface area (TPSA) is 166 Å². The van der Waals surface area contributed by atoms with Gasteiger partial charge in [0.1, 0.15) is 0 Å². The highest BCUT2D eigenvalue weighted by molar-refractivity contribution is 7.88. The van der Waals surface area contributed by atoms with Gasteiger partial charge in [-0.25, -0.2) is 9.78 Å². The van der Waals surface area contributed by atoms with Gasteiger partial charge in [-0.15, -0.1) is 0 Å². The number of aromatic hydroxyl groups is 1. The second-order valence-electron chi connectivity index (χ2n) is 4.24. The van der Waals surface area contributed by atoms with Gasteiger partial charge in [-0.3, -0.25) is 4.79 Å². The lowest BCUT2D eigenvalue weighted by Crippen LogP contribution is -2.28. The van der Waals surface area contributed by atoms with Crippen LogP contribution in [0, 0.1) is 6.92 Å². The van der Waals surface area contributed by atoms with Crippen molar-refractivity contribution in [2.24, 2.45) is 5.73 Å². The van der Waals surface area contributed by atoms with Gasteiger partial charge in [0.2, 0.25) is 0 Å². The first-order valence-electron chi connectivity index (χ1n) is 6.56. The Morgan fingerprint density at radius 2 is 1.88 bits per heavy atom. The molecule has 0 aliphatic rings. The Bertz CT molecular complexity index is 764. The summed E-state index contributed by atoms with van der Waals surface area (Å²) in [5.74, 6) is -3.88. The Morgan fingerprint density at radius 1 is 1.35 bits per heavy atom. The van der Waals surface area contributed by atoms with Gasteiger partial charge in [-0.1, -0.05) is 0 Å². The largest absolute Gasteiger partial charge is 0.534 e. The van der Waals surface area contributed by atoms with Gasteiger partial charge >= 0.3 is 27.6 Å². The van der Waals surface area contributed by atoms with Crippen molar-refractivity contribution in [3.05, 3.63) is 17.5 Å². The van der Waals surface area contributed by atoms with Crippen molar-refractivity contribution in [1.82, 2.24) is 4.98 Å². The zero-order valence-corrected chi connectivity index (χ0v) is 14.2. The SMILES string of the molecule is CCOC(=O)CN.Cc1c(OS(=O)(=O)C(F)(F)F)cnc(C(=O)O)c1O. The van der Waals surface area contributed by atoms with Gasteiger partial charge < -0.3 is 24.9 Å². The number of esters is 1. The highest BCUT2D eigenvalue weighted by Gasteiger charge is 2.49. The number of ether oxygens (including phenoxy) is 1. The summed E-state index contributed by atoms with van der Waals surface area (Å²) >= 11 is 0. The molecule has 4 N–H and O–H groups in total. The number of hydrogen-bond donors (Lipinski definition) is 3. The van der Waals surface area contributed by atoms with Crippen molar-refractivity contribution in [1.29, 1.82) is 0 Å². The molecule has 10 nitrogen and oxygen atoms in total. The van der Waals surface area contributed by atoms with Crippen molar-refractivity contribution >= 4 is 22.1 Å². The minimum atomic E-state index is -5.92. The van der Waals surface area contributed by atoms with E-state index in [4.69, 9.17) is 10.8 Å². The van der Waals surface area contributed by atoms with Crippen LogP contribution in [-0.2, 0) is 19.6 Å². The molecule has 26 heavy (non-hydrogen) atoms. The van der Waals surface area contributed by atoms with Crippen LogP contribution >= 0.6 is 0 Å². The zero-order valence-electron chi connectivity index (χ0n) is 13.4. The molecule has 0 bridgehead atoms. The van der Waals surface area contributed by atoms with E-state index in [1.165, 1.54) is 0 Å². The van der Waals surface area contributed by atoms with Crippen LogP contribution in [0.1, 0.15) is 23.0 Å². The van der Waals surface area contributed by atoms with Crippen LogP contribution in [-0.4, -0.2) is 54.2 Å². The number of aromatic carboxylic acids is 1. The number of carboxylic acid groups (broad SMARTS) is 1. The van der Waals surface area contributed by atoms with E-state index in [2.05, 4.69) is 13.9 Å². The van der Waals surface area contributed by atoms with Gasteiger partial charge in [0, 0.05) is 5.56 Å². The number of aromatic nitrogens is 1. The Kier molecular flexibility index (Phi) is 8.27. The van der Waals surface area contributed by atoms with E-state index in [1.807, 2.05) is 0 Å². The Balaban J connectivity index is 0.000000758. The molecule has 0 atom stereocenters. The third-order valence-corrected chi connectivity index (χ3v) is 3.38. The number of halogens is 3. The molecule has 148 valence electrons. The van der Waals surface area contributed by atoms with E-state index in [-0.39, 0.29) is 12.5 Å². The first-order valence-corrected chi connectivity index (χ1v) is 7.97. The summed E-state index contributed by atoms with van der Waals surface area (Å²) < 4.78 is 65.8. The van der Waals surface area contributed by atoms with Crippen molar-refractivity contribution < 1.29 is 50.3 Å². The predicted octanol–water partition coefficient (Wildman–Crippen LogP) is 0.530. The monoisotopic (exact) mass is 404 g/mol. The van der Waals surface area contributed by atoms with Crippen molar-refractivity contribution in [3.63, 3.8) is 0 Å². The van der Waals surface area contributed by atoms with Gasteiger partial charge in [0.05, 0.1) is 19.3 Å². The Labute approximate surface area is 145 Å². The third kappa shape index (κ3) is 6.36. The molecule has 1 heterocycles. The Morgan fingerprint density at radius 3 is 2.23 bits per heavy atom. The summed E-state index contributed by atoms with van der Waals surface area (Å²) in [5.41, 5.74) is -2.11. The van der Waals surface area contributed by atoms with Crippen LogP contribution in [0.4, 0.5) is 13.2 Å². The zero-order chi connectivity index (χ0) is 20.7. The fourth-order valence-electron chi connectivity index (χ4n) is 1.20. The molecule has 0 spiro atoms. The summed E-state index contributed by atoms with van der Waals surface area (Å²) in [6.07, 6.45) is 0.460. The highest BCUT2D eigenvalue weighted by Crippen LogP contribution is 2.32. The molecule has 0 unspecified atom stereocenters. The average Bonchev–Trinajstić information content (AvgIpc) is 2.51. The smallest absolute Gasteiger partial charge is 0.505 e. The molecule has 0 aliphatic heterocycles. The highest BCUT2D eigenvalue weighted by atomic mass is 32.2. The number of alkyl halides is 3. The van der Waals surface area contributed by atoms with Crippen LogP contribution in [0.5, 0.6) is 11.5 Å². The van der Waals surface area contributed by atoms with E-state index < -0.39 is 44.4 Å². The Hall–Kier alpha value is -2.61. The number of nitrogens with zero attached hydrogens (tertiary/aromatic N) is 1. The molecule has 0 amide bonds. The summed E-state index contributed by atoms with van der Waals surface area (Å²) in [5, 5.41) is 17.9. The molecule has 0 saturated heterocycles. The maximum Gasteiger partial charge on any atom is 0.534 e. The predicted molar refractivity (Wildman–Crippen MR) is 78.9 cm³/mol. The first kappa shape index (κ1) is 23.4. The number of hydrogen-bond acceptors (Lipinski definition) is 9. The van der Waals surface area contributed by atoms with Crippen LogP contribution in [0.15, 0.2) is 6.20 Å². The molecule has 0 fully saturated rings. The fourth-order valence-corrected chi connectivity index (χ4v) is 1.70. The molecule has 1 aromatic rings. The maximum absolute atomic E-state index is 12.1. The van der Waals surface area contributed by atoms with Gasteiger partial charge in [-0.2, -0.15) is 21.6 Å². The lowest BCUT2D eigenvalue weighted by atomic mass is 10.2. The summed E-state index contributed by atoms with van der Waals surface area (Å²) in [6, 6.07) is 0. The second-order valence-corrected chi connectivity index (χ2v) is 5.78. The van der Waals surface area contributed by atoms with Gasteiger partial charge in [0.25, 0.3) is 0 Å². The van der Waals surface area contributed by atoms with E-state index >= 15 is 0 Å². The summed E-state index contributed by atoms with van der Waals surface area (Å²) in [4.78, 5) is 23.7. The van der Waals surface area contributed by atoms with E-state index in [0.717, 1.165) is 6.92 Å². The summed E-state index contributed by atoms with van der Waals surface area (Å²) in [7, 11) is -5.92. The molecule has 1 rings (SSSR count). The maximum atomic E-state index is 12.1. The van der Waals surface area contributed by atoms with E-state index in [1.54, 1.807) is 6.92 Å². The standard InChI is InChI=1S/C8H6F3NO6S.C4H9NO2/c1-3-4(18-19(16,17)8(9,10)11)2-12-5(6(3)13)7(14)15;1-2-7-4(6)3-5/h2,13H,1H3,(H,14,15);2-3,5H2,1H3. The number of nitrogens with two attached hydrogens (primary N) is 1. The lowest BCUT2D eigenvalue weighted by Gasteiger charge is -2.12. The van der Waals surface area contributed by atoms with E-state index in [0.29, 0.717) is 12.8 Å². The van der Waals surface area contributed by atoms with Crippen LogP contribution < -0.4 is 9.92 Å². The number of carbonyl (C=O) groups excluding carboxylic acids is 1. The molecule has 1 aromatic heterocycles. The van der Waals surface area contributed by atoms with Crippen LogP contribution in [0.3, 0.4) is 0 Å². The van der Waals surface area contributed by atoms with Crippen molar-refractivity contribution in [2.75, 3.05) is 13.2 Å². The molecule has 0 aliphatic carbocycles. The quantitative estimate of drug-likeness (QED) is 0.358. The first-order chi connectivity index (χ1) is 11.8. The molecule has 14 heteroatoms. The van der Waals surface area contributed by atoms with Crippen LogP contribution in [0.2, 0.25) is 0 Å². The molecular formula is C12H15F3N2O8S. The van der Waals surface area contributed by atoms with Crippen molar-refractivity contribution in [3.8, 4) is 11.5 Å². The van der Waals surface area contributed by atoms with Gasteiger partial charge in [0.15, 0.2) is 17.2 Å². The van der Waals surface area contributed by atoms with E-state index in [9.17, 15) is 36.3 Å². The molecular weight excluding hydrogens is 389 g/mol. The molecule has 0 aromatic carbocycles. The minimum Gasteiger partial charge on any atom is -0.505 e. The normalized spacial score (nSPS) is 11.2. The average molecular weight is 404 g/mol. The fraction of sp³-hybridized carbons (Fsp3) is 0.417. The second kappa shape index (κ2) is 9.19. The number of pyridine rings is 1. The van der Waals surface area contributed by atoms with Gasteiger partial charge in [-0.05, 0) is 13.8 Å². The number of rotatable bonds is 5. The third-order valence-electron chi connectivity index (χ3n) is 2.42. The number of carbonyl (C=O) groups is 2. The lowest BCUT2D eigenvalue weighted by molar-refractivity contribution is -0.141. The van der Waals surface area contributed by atoms with Crippen molar-refractivity contribution in [2.45, 2.75) is 19.4 Å². The number of carboxylic acids is 1. The molecule has 0 saturated carbocycles. The summed E-state index contributed by atoms with van der Waals surface area (Å²) in [6.45, 7) is 3.11.